The predicted octanol–water partition coefficient (Wildman–Crippen LogP) is 2.28. The van der Waals surface area contributed by atoms with E-state index >= 15 is 0 Å². The number of benzene rings is 1. The molecule has 1 fully saturated rings. The number of hydrogen-bond donors (Lipinski definition) is 1. The van der Waals surface area contributed by atoms with Crippen molar-refractivity contribution in [2.24, 2.45) is 0 Å². The summed E-state index contributed by atoms with van der Waals surface area (Å²) < 4.78 is 23.9. The summed E-state index contributed by atoms with van der Waals surface area (Å²) in [6.07, 6.45) is 3.20. The average Bonchev–Trinajstić information content (AvgIpc) is 2.85. The summed E-state index contributed by atoms with van der Waals surface area (Å²) in [7, 11) is 3.13. The molecule has 0 spiro atoms. The summed E-state index contributed by atoms with van der Waals surface area (Å²) in [4.78, 5) is 0. The van der Waals surface area contributed by atoms with Crippen molar-refractivity contribution < 1.29 is 13.9 Å². The van der Waals surface area contributed by atoms with Crippen LogP contribution in [-0.4, -0.2) is 26.8 Å². The zero-order valence-corrected chi connectivity index (χ0v) is 11.0. The van der Waals surface area contributed by atoms with Gasteiger partial charge in [-0.3, -0.25) is 0 Å². The van der Waals surface area contributed by atoms with Crippen molar-refractivity contribution in [3.05, 3.63) is 29.1 Å². The summed E-state index contributed by atoms with van der Waals surface area (Å²) in [5.74, 6) is -0.0180. The fourth-order valence-electron chi connectivity index (χ4n) is 2.47. The Kier molecular flexibility index (Phi) is 4.55. The van der Waals surface area contributed by atoms with Crippen LogP contribution in [0.25, 0.3) is 0 Å². The molecule has 0 aliphatic carbocycles. The first-order chi connectivity index (χ1) is 8.74. The molecule has 0 saturated carbocycles. The molecule has 1 saturated heterocycles. The van der Waals surface area contributed by atoms with Gasteiger partial charge in [-0.15, -0.1) is 0 Å². The monoisotopic (exact) mass is 253 g/mol. The first kappa shape index (κ1) is 13.3. The maximum Gasteiger partial charge on any atom is 0.165 e. The van der Waals surface area contributed by atoms with Gasteiger partial charge in [-0.05, 0) is 49.1 Å². The van der Waals surface area contributed by atoms with Crippen LogP contribution in [0, 0.1) is 5.82 Å². The van der Waals surface area contributed by atoms with Crippen molar-refractivity contribution in [1.82, 2.24) is 5.32 Å². The van der Waals surface area contributed by atoms with Crippen molar-refractivity contribution in [1.29, 1.82) is 0 Å². The fourth-order valence-corrected chi connectivity index (χ4v) is 2.47. The van der Waals surface area contributed by atoms with E-state index in [0.29, 0.717) is 12.6 Å². The van der Waals surface area contributed by atoms with Crippen molar-refractivity contribution in [3.8, 4) is 5.75 Å². The lowest BCUT2D eigenvalue weighted by atomic mass is 9.99. The molecule has 1 aliphatic heterocycles. The Bertz CT molecular complexity index is 403. The molecule has 4 heteroatoms. The topological polar surface area (TPSA) is 30.5 Å². The van der Waals surface area contributed by atoms with Crippen LogP contribution in [-0.2, 0) is 17.8 Å². The zero-order chi connectivity index (χ0) is 13.0. The normalized spacial score (nSPS) is 19.2. The Morgan fingerprint density at radius 3 is 2.78 bits per heavy atom. The average molecular weight is 253 g/mol. The minimum Gasteiger partial charge on any atom is -0.494 e. The molecule has 3 nitrogen and oxygen atoms in total. The number of nitrogens with one attached hydrogen (secondary N) is 1. The smallest absolute Gasteiger partial charge is 0.165 e. The van der Waals surface area contributed by atoms with Crippen LogP contribution in [0.3, 0.4) is 0 Å². The highest BCUT2D eigenvalue weighted by molar-refractivity contribution is 5.37. The Morgan fingerprint density at radius 2 is 2.17 bits per heavy atom. The first-order valence-electron chi connectivity index (χ1n) is 6.32. The highest BCUT2D eigenvalue weighted by atomic mass is 19.1. The van der Waals surface area contributed by atoms with E-state index in [-0.39, 0.29) is 11.6 Å². The number of ether oxygens (including phenoxy) is 2. The third-order valence-electron chi connectivity index (χ3n) is 3.40. The van der Waals surface area contributed by atoms with Gasteiger partial charge in [-0.1, -0.05) is 0 Å². The minimum absolute atomic E-state index is 0.283. The highest BCUT2D eigenvalue weighted by Crippen LogP contribution is 2.25. The summed E-state index contributed by atoms with van der Waals surface area (Å²) in [5, 5.41) is 3.43. The minimum atomic E-state index is -0.301. The maximum atomic E-state index is 13.8. The van der Waals surface area contributed by atoms with Gasteiger partial charge < -0.3 is 14.8 Å². The molecule has 1 aromatic carbocycles. The summed E-state index contributed by atoms with van der Waals surface area (Å²) in [6.45, 7) is 1.54. The van der Waals surface area contributed by atoms with Crippen LogP contribution in [0.1, 0.15) is 24.0 Å². The largest absolute Gasteiger partial charge is 0.494 e. The van der Waals surface area contributed by atoms with E-state index in [1.54, 1.807) is 19.2 Å². The molecule has 1 unspecified atom stereocenters. The Balaban J connectivity index is 2.22. The van der Waals surface area contributed by atoms with Gasteiger partial charge in [0.15, 0.2) is 11.6 Å². The summed E-state index contributed by atoms with van der Waals surface area (Å²) >= 11 is 0. The Labute approximate surface area is 107 Å². The van der Waals surface area contributed by atoms with Crippen molar-refractivity contribution in [2.75, 3.05) is 20.8 Å². The highest BCUT2D eigenvalue weighted by Gasteiger charge is 2.18. The van der Waals surface area contributed by atoms with Crippen LogP contribution in [0.4, 0.5) is 4.39 Å². The van der Waals surface area contributed by atoms with Gasteiger partial charge in [0.05, 0.1) is 13.7 Å². The van der Waals surface area contributed by atoms with Gasteiger partial charge in [-0.25, -0.2) is 4.39 Å². The van der Waals surface area contributed by atoms with E-state index in [0.717, 1.165) is 30.5 Å². The van der Waals surface area contributed by atoms with E-state index in [1.165, 1.54) is 13.5 Å². The van der Waals surface area contributed by atoms with Crippen LogP contribution >= 0.6 is 0 Å². The van der Waals surface area contributed by atoms with Gasteiger partial charge in [0.2, 0.25) is 0 Å². The molecule has 0 amide bonds. The number of methoxy groups -OCH3 is 2. The molecule has 1 aromatic rings. The molecule has 0 bridgehead atoms. The summed E-state index contributed by atoms with van der Waals surface area (Å²) in [5.41, 5.74) is 2.01. The van der Waals surface area contributed by atoms with Gasteiger partial charge in [0, 0.05) is 13.2 Å². The van der Waals surface area contributed by atoms with E-state index in [4.69, 9.17) is 9.47 Å². The van der Waals surface area contributed by atoms with E-state index in [2.05, 4.69) is 5.32 Å². The molecule has 100 valence electrons. The van der Waals surface area contributed by atoms with Crippen molar-refractivity contribution in [2.45, 2.75) is 31.9 Å². The zero-order valence-electron chi connectivity index (χ0n) is 11.0. The van der Waals surface area contributed by atoms with E-state index in [1.807, 2.05) is 0 Å². The number of rotatable bonds is 5. The lowest BCUT2D eigenvalue weighted by Crippen LogP contribution is -2.24. The van der Waals surface area contributed by atoms with E-state index in [9.17, 15) is 4.39 Å². The molecular weight excluding hydrogens is 233 g/mol. The molecular formula is C14H20FNO2. The third-order valence-corrected chi connectivity index (χ3v) is 3.40. The molecule has 1 heterocycles. The second kappa shape index (κ2) is 6.16. The number of hydrogen-bond acceptors (Lipinski definition) is 3. The quantitative estimate of drug-likeness (QED) is 0.873. The van der Waals surface area contributed by atoms with Gasteiger partial charge in [-0.2, -0.15) is 0 Å². The van der Waals surface area contributed by atoms with Crippen LogP contribution < -0.4 is 10.1 Å². The lowest BCUT2D eigenvalue weighted by molar-refractivity contribution is 0.183. The molecule has 1 atom stereocenters. The van der Waals surface area contributed by atoms with Crippen molar-refractivity contribution in [3.63, 3.8) is 0 Å². The molecule has 1 aliphatic rings. The maximum absolute atomic E-state index is 13.8. The predicted molar refractivity (Wildman–Crippen MR) is 68.4 cm³/mol. The van der Waals surface area contributed by atoms with Gasteiger partial charge in [0.25, 0.3) is 0 Å². The molecule has 1 N–H and O–H groups in total. The molecule has 0 aromatic heterocycles. The molecule has 0 radical (unpaired) electrons. The fraction of sp³-hybridized carbons (Fsp3) is 0.571. The van der Waals surface area contributed by atoms with Crippen molar-refractivity contribution >= 4 is 0 Å². The molecule has 18 heavy (non-hydrogen) atoms. The first-order valence-corrected chi connectivity index (χ1v) is 6.32. The van der Waals surface area contributed by atoms with E-state index < -0.39 is 0 Å². The van der Waals surface area contributed by atoms with Gasteiger partial charge >= 0.3 is 0 Å². The second-order valence-corrected chi connectivity index (χ2v) is 4.69. The van der Waals surface area contributed by atoms with Crippen LogP contribution in [0.15, 0.2) is 12.1 Å². The summed E-state index contributed by atoms with van der Waals surface area (Å²) in [6, 6.07) is 3.77. The van der Waals surface area contributed by atoms with Crippen LogP contribution in [0.5, 0.6) is 5.75 Å². The van der Waals surface area contributed by atoms with Crippen LogP contribution in [0.2, 0.25) is 0 Å². The lowest BCUT2D eigenvalue weighted by Gasteiger charge is -2.15. The Morgan fingerprint density at radius 1 is 1.33 bits per heavy atom. The molecule has 2 rings (SSSR count). The second-order valence-electron chi connectivity index (χ2n) is 4.69. The standard InChI is InChI=1S/C14H20FNO2/c1-17-9-11-8-14(18-2)13(15)7-10(11)6-12-4-3-5-16-12/h7-8,12,16H,3-6,9H2,1-2H3. The van der Waals surface area contributed by atoms with Gasteiger partial charge in [0.1, 0.15) is 0 Å². The Hall–Kier alpha value is -1.13. The third kappa shape index (κ3) is 3.00. The SMILES string of the molecule is COCc1cc(OC)c(F)cc1CC1CCCN1. The number of halogens is 1.